The number of para-hydroxylation sites is 1. The number of ether oxygens (including phenoxy) is 1. The van der Waals surface area contributed by atoms with Crippen LogP contribution in [0.15, 0.2) is 33.6 Å². The Morgan fingerprint density at radius 3 is 2.78 bits per heavy atom. The van der Waals surface area contributed by atoms with Crippen molar-refractivity contribution >= 4 is 14.0 Å². The van der Waals surface area contributed by atoms with E-state index in [4.69, 9.17) is 9.26 Å². The Balaban J connectivity index is 2.59. The van der Waals surface area contributed by atoms with E-state index in [1.807, 2.05) is 25.1 Å². The van der Waals surface area contributed by atoms with E-state index in [-0.39, 0.29) is 5.88 Å². The van der Waals surface area contributed by atoms with E-state index in [1.165, 1.54) is 5.19 Å². The zero-order valence-electron chi connectivity index (χ0n) is 10.7. The molecule has 0 fully saturated rings. The highest BCUT2D eigenvalue weighted by Crippen LogP contribution is 2.02. The van der Waals surface area contributed by atoms with Crippen LogP contribution in [-0.4, -0.2) is 20.7 Å². The second-order valence-electron chi connectivity index (χ2n) is 4.07. The molecule has 18 heavy (non-hydrogen) atoms. The second kappa shape index (κ2) is 5.22. The van der Waals surface area contributed by atoms with Gasteiger partial charge in [-0.2, -0.15) is 0 Å². The van der Waals surface area contributed by atoms with Gasteiger partial charge in [0.05, 0.1) is 15.4 Å². The number of rotatable bonds is 4. The van der Waals surface area contributed by atoms with Crippen LogP contribution in [-0.2, 0) is 0 Å². The molecule has 0 bridgehead atoms. The fourth-order valence-corrected chi connectivity index (χ4v) is 2.91. The summed E-state index contributed by atoms with van der Waals surface area (Å²) < 4.78 is 11.7. The lowest BCUT2D eigenvalue weighted by Gasteiger charge is -2.04. The fourth-order valence-electron chi connectivity index (χ4n) is 1.77. The Morgan fingerprint density at radius 2 is 2.11 bits per heavy atom. The van der Waals surface area contributed by atoms with Crippen LogP contribution in [0.25, 0.3) is 5.69 Å². The van der Waals surface area contributed by atoms with Crippen LogP contribution < -0.4 is 20.2 Å². The van der Waals surface area contributed by atoms with E-state index in [9.17, 15) is 4.79 Å². The summed E-state index contributed by atoms with van der Waals surface area (Å²) >= 11 is 0. The minimum Gasteiger partial charge on any atom is -0.437 e. The van der Waals surface area contributed by atoms with Crippen LogP contribution in [0.2, 0.25) is 13.1 Å². The molecule has 6 heteroatoms. The zero-order valence-corrected chi connectivity index (χ0v) is 11.7. The minimum absolute atomic E-state index is 0.188. The molecule has 0 aliphatic heterocycles. The van der Waals surface area contributed by atoms with Gasteiger partial charge in [0.2, 0.25) is 5.69 Å². The maximum absolute atomic E-state index is 11.5. The highest BCUT2D eigenvalue weighted by Gasteiger charge is 2.27. The predicted molar refractivity (Wildman–Crippen MR) is 69.1 cm³/mol. The Labute approximate surface area is 107 Å². The molecular formula is C12H16N2O3Si+. The van der Waals surface area contributed by atoms with E-state index in [1.54, 1.807) is 4.68 Å². The third kappa shape index (κ3) is 2.24. The van der Waals surface area contributed by atoms with Crippen molar-refractivity contribution in [2.75, 3.05) is 6.61 Å². The highest BCUT2D eigenvalue weighted by molar-refractivity contribution is 6.71. The summed E-state index contributed by atoms with van der Waals surface area (Å²) in [6.45, 7) is 6.64. The van der Waals surface area contributed by atoms with Crippen LogP contribution >= 0.6 is 0 Å². The number of aromatic nitrogens is 2. The van der Waals surface area contributed by atoms with Gasteiger partial charge in [-0.15, -0.1) is 0 Å². The van der Waals surface area contributed by atoms with Crippen LogP contribution in [0.3, 0.4) is 0 Å². The number of hydrogen-bond donors (Lipinski definition) is 1. The monoisotopic (exact) mass is 264 g/mol. The third-order valence-corrected chi connectivity index (χ3v) is 4.07. The van der Waals surface area contributed by atoms with Gasteiger partial charge in [-0.05, 0) is 16.9 Å². The molecule has 2 rings (SSSR count). The largest absolute Gasteiger partial charge is 0.490 e. The number of benzene rings is 1. The highest BCUT2D eigenvalue weighted by atomic mass is 28.3. The third-order valence-electron chi connectivity index (χ3n) is 2.57. The average molecular weight is 264 g/mol. The van der Waals surface area contributed by atoms with Gasteiger partial charge in [-0.3, -0.25) is 4.52 Å². The van der Waals surface area contributed by atoms with Gasteiger partial charge in [0.1, 0.15) is 0 Å². The topological polar surface area (TPSA) is 59.1 Å². The van der Waals surface area contributed by atoms with Gasteiger partial charge in [-0.1, -0.05) is 31.3 Å². The summed E-state index contributed by atoms with van der Waals surface area (Å²) in [6, 6.07) is 7.94. The number of nitrogens with zero attached hydrogens (tertiary/aromatic N) is 1. The first-order chi connectivity index (χ1) is 8.65. The van der Waals surface area contributed by atoms with Crippen molar-refractivity contribution < 1.29 is 13.9 Å². The van der Waals surface area contributed by atoms with Crippen molar-refractivity contribution in [2.45, 2.75) is 20.0 Å². The lowest BCUT2D eigenvalue weighted by atomic mass is 10.3. The number of nitrogens with one attached hydrogen (secondary N) is 1. The summed E-state index contributed by atoms with van der Waals surface area (Å²) in [7, 11) is -0.651. The first kappa shape index (κ1) is 12.6. The van der Waals surface area contributed by atoms with Crippen molar-refractivity contribution in [3.8, 4) is 11.6 Å². The first-order valence-electron chi connectivity index (χ1n) is 5.81. The summed E-state index contributed by atoms with van der Waals surface area (Å²) in [5.41, 5.74) is 0.415. The van der Waals surface area contributed by atoms with E-state index in [0.29, 0.717) is 6.61 Å². The Hall–Kier alpha value is -1.82. The predicted octanol–water partition coefficient (Wildman–Crippen LogP) is 0.605. The molecule has 1 radical (unpaired) electrons. The van der Waals surface area contributed by atoms with Gasteiger partial charge < -0.3 is 4.74 Å². The molecule has 0 aliphatic carbocycles. The molecule has 0 spiro atoms. The standard InChI is InChI=1S/C12H15N2O3Si/c1-4-16-11-12(15)17-13-14(11)9-7-5-6-8-10(9)18(2)3/h5-8H,4H2,1-3H3/p+1. The molecule has 0 saturated carbocycles. The normalized spacial score (nSPS) is 10.9. The van der Waals surface area contributed by atoms with Crippen molar-refractivity contribution in [1.82, 2.24) is 5.27 Å². The van der Waals surface area contributed by atoms with Gasteiger partial charge >= 0.3 is 11.5 Å². The smallest absolute Gasteiger partial charge is 0.437 e. The fraction of sp³-hybridized carbons (Fsp3) is 0.333. The molecule has 0 unspecified atom stereocenters. The molecule has 2 aromatic rings. The molecule has 1 aromatic heterocycles. The van der Waals surface area contributed by atoms with Crippen molar-refractivity contribution in [3.63, 3.8) is 0 Å². The second-order valence-corrected chi connectivity index (χ2v) is 6.61. The molecule has 1 heterocycles. The Morgan fingerprint density at radius 1 is 1.39 bits per heavy atom. The van der Waals surface area contributed by atoms with Crippen LogP contribution in [0.1, 0.15) is 6.92 Å². The van der Waals surface area contributed by atoms with E-state index >= 15 is 0 Å². The molecule has 95 valence electrons. The number of hydrogen-bond acceptors (Lipinski definition) is 3. The molecule has 0 aliphatic rings. The molecule has 0 atom stereocenters. The lowest BCUT2D eigenvalue weighted by Crippen LogP contribution is -2.43. The van der Waals surface area contributed by atoms with E-state index in [2.05, 4.69) is 24.4 Å². The van der Waals surface area contributed by atoms with Crippen molar-refractivity contribution in [1.29, 1.82) is 0 Å². The average Bonchev–Trinajstić information content (AvgIpc) is 2.72. The van der Waals surface area contributed by atoms with Crippen molar-refractivity contribution in [2.24, 2.45) is 0 Å². The maximum Gasteiger partial charge on any atom is 0.490 e. The number of aromatic amines is 1. The summed E-state index contributed by atoms with van der Waals surface area (Å²) in [6.07, 6.45) is 0. The van der Waals surface area contributed by atoms with Crippen LogP contribution in [0, 0.1) is 0 Å². The van der Waals surface area contributed by atoms with Gasteiger partial charge in [0.15, 0.2) is 0 Å². The van der Waals surface area contributed by atoms with Crippen LogP contribution in [0.5, 0.6) is 5.88 Å². The SMILES string of the molecule is CCOc1c(=O)o[nH][n+]1-c1ccccc1[Si](C)C. The zero-order chi connectivity index (χ0) is 13.1. The quantitative estimate of drug-likeness (QED) is 0.650. The molecule has 1 aromatic carbocycles. The van der Waals surface area contributed by atoms with E-state index < -0.39 is 14.4 Å². The van der Waals surface area contributed by atoms with Gasteiger partial charge in [0.25, 0.3) is 0 Å². The number of H-pyrrole nitrogens is 1. The minimum atomic E-state index is -0.651. The summed E-state index contributed by atoms with van der Waals surface area (Å²) in [5.74, 6) is 0.188. The molecule has 0 amide bonds. The van der Waals surface area contributed by atoms with Gasteiger partial charge in [-0.25, -0.2) is 4.79 Å². The molecule has 1 N–H and O–H groups in total. The van der Waals surface area contributed by atoms with Gasteiger partial charge in [0, 0.05) is 11.3 Å². The summed E-state index contributed by atoms with van der Waals surface area (Å²) in [4.78, 5) is 11.5. The Bertz CT molecular complexity index is 589. The maximum atomic E-state index is 11.5. The van der Waals surface area contributed by atoms with Crippen molar-refractivity contribution in [3.05, 3.63) is 34.7 Å². The molecule has 5 nitrogen and oxygen atoms in total. The van der Waals surface area contributed by atoms with Crippen LogP contribution in [0.4, 0.5) is 0 Å². The van der Waals surface area contributed by atoms with E-state index in [0.717, 1.165) is 5.69 Å². The lowest BCUT2D eigenvalue weighted by molar-refractivity contribution is -0.674. The Kier molecular flexibility index (Phi) is 3.66. The summed E-state index contributed by atoms with van der Waals surface area (Å²) in [5, 5.41) is 3.80. The molecule has 0 saturated heterocycles. The first-order valence-corrected chi connectivity index (χ1v) is 8.31. The molecular weight excluding hydrogens is 248 g/mol.